The van der Waals surface area contributed by atoms with Gasteiger partial charge in [-0.05, 0) is 51.4 Å². The molecule has 0 fully saturated rings. The van der Waals surface area contributed by atoms with Gasteiger partial charge in [0.25, 0.3) is 6.29 Å². The Kier molecular flexibility index (Phi) is 85.0. The van der Waals surface area contributed by atoms with Gasteiger partial charge < -0.3 is 28.5 Å². The molecule has 1 N–H and O–H groups in total. The van der Waals surface area contributed by atoms with Crippen LogP contribution in [0.3, 0.4) is 0 Å². The van der Waals surface area contributed by atoms with Crippen LogP contribution in [0.5, 0.6) is 0 Å². The van der Waals surface area contributed by atoms with E-state index in [1.54, 1.807) is 0 Å². The Morgan fingerprint density at radius 2 is 0.514 bits per heavy atom. The van der Waals surface area contributed by atoms with Crippen LogP contribution in [0.2, 0.25) is 0 Å². The number of esters is 2. The number of quaternary nitrogens is 1. The maximum absolute atomic E-state index is 13.0. The van der Waals surface area contributed by atoms with Crippen LogP contribution in [-0.4, -0.2) is 87.4 Å². The lowest BCUT2D eigenvalue weighted by molar-refractivity contribution is -0.870. The van der Waals surface area contributed by atoms with Crippen LogP contribution in [0.25, 0.3) is 0 Å². The van der Waals surface area contributed by atoms with Crippen molar-refractivity contribution < 1.29 is 42.9 Å². The Morgan fingerprint density at radius 3 is 0.762 bits per heavy atom. The summed E-state index contributed by atoms with van der Waals surface area (Å²) >= 11 is 0. The molecule has 0 amide bonds. The number of hydrogen-bond donors (Lipinski definition) is 1. The molecular weight excluding hydrogens is 1300 g/mol. The maximum atomic E-state index is 13.0. The highest BCUT2D eigenvalue weighted by molar-refractivity contribution is 5.71. The van der Waals surface area contributed by atoms with Gasteiger partial charge in [0.1, 0.15) is 13.2 Å². The predicted octanol–water partition coefficient (Wildman–Crippen LogP) is 30.9. The number of allylic oxidation sites excluding steroid dienone is 6. The summed E-state index contributed by atoms with van der Waals surface area (Å²) in [5.41, 5.74) is 0. The lowest BCUT2D eigenvalue weighted by atomic mass is 10.0. The summed E-state index contributed by atoms with van der Waals surface area (Å²) in [4.78, 5) is 37.9. The summed E-state index contributed by atoms with van der Waals surface area (Å²) in [7, 11) is 6.01. The minimum atomic E-state index is -1.51. The van der Waals surface area contributed by atoms with Gasteiger partial charge in [-0.3, -0.25) is 9.59 Å². The minimum Gasteiger partial charge on any atom is -0.477 e. The van der Waals surface area contributed by atoms with E-state index in [0.717, 1.165) is 51.4 Å². The number of carboxylic acid groups (broad SMARTS) is 1. The van der Waals surface area contributed by atoms with Gasteiger partial charge in [0, 0.05) is 12.8 Å². The number of nitrogens with zero attached hydrogens (tertiary/aromatic N) is 1. The highest BCUT2D eigenvalue weighted by Gasteiger charge is 2.25. The average molecular weight is 1480 g/mol. The summed E-state index contributed by atoms with van der Waals surface area (Å²) in [5, 5.41) is 9.80. The Balaban J connectivity index is 3.86. The number of ether oxygens (including phenoxy) is 4. The van der Waals surface area contributed by atoms with Gasteiger partial charge >= 0.3 is 17.9 Å². The fourth-order valence-corrected chi connectivity index (χ4v) is 14.7. The van der Waals surface area contributed by atoms with E-state index >= 15 is 0 Å². The fraction of sp³-hybridized carbons (Fsp3) is 0.906. The Morgan fingerprint density at radius 1 is 0.286 bits per heavy atom. The number of hydrogen-bond acceptors (Lipinski definition) is 7. The molecule has 0 aromatic heterocycles. The molecule has 0 aliphatic heterocycles. The van der Waals surface area contributed by atoms with Crippen LogP contribution in [-0.2, 0) is 33.3 Å². The van der Waals surface area contributed by atoms with Crippen molar-refractivity contribution in [1.29, 1.82) is 0 Å². The summed E-state index contributed by atoms with van der Waals surface area (Å²) < 4.78 is 23.1. The number of carboxylic acids is 1. The van der Waals surface area contributed by atoms with E-state index in [1.807, 2.05) is 21.1 Å². The number of carbonyl (C=O) groups excluding carboxylic acids is 2. The molecule has 0 radical (unpaired) electrons. The normalized spacial score (nSPS) is 12.7. The quantitative estimate of drug-likeness (QED) is 0.0211. The second-order valence-corrected chi connectivity index (χ2v) is 33.7. The number of likely N-dealkylation sites (N-methyl/N-ethyl adjacent to an activating group) is 1. The van der Waals surface area contributed by atoms with Gasteiger partial charge in [-0.15, -0.1) is 0 Å². The standard InChI is InChI=1S/C96H183NO8/c1-6-8-10-12-14-16-18-20-22-24-26-28-30-32-34-36-38-40-42-44-46-47-49-50-52-54-56-58-60-62-64-66-68-70-72-74-76-78-80-82-84-86-93(98)103-90-92(91-104-96(95(100)101)102-89-88-97(3,4)5)105-94(99)87-85-83-81-79-77-75-73-71-69-67-65-63-61-59-57-55-53-51-48-45-43-41-39-37-35-33-31-29-27-25-23-21-19-17-15-13-11-9-7-2/h19,21,25,27,31,33,92,96H,6-18,20,22-24,26,28-30,32,34-91H2,1-5H3/p+1/b21-19-,27-25-,33-31-. The monoisotopic (exact) mass is 1480 g/mol. The van der Waals surface area contributed by atoms with Gasteiger partial charge in [-0.2, -0.15) is 0 Å². The molecule has 0 spiro atoms. The molecule has 0 aliphatic rings. The van der Waals surface area contributed by atoms with Crippen molar-refractivity contribution in [2.45, 2.75) is 514 Å². The molecule has 105 heavy (non-hydrogen) atoms. The molecule has 0 saturated carbocycles. The van der Waals surface area contributed by atoms with Crippen LogP contribution in [0.1, 0.15) is 502 Å². The molecule has 0 saturated heterocycles. The van der Waals surface area contributed by atoms with Crippen molar-refractivity contribution in [1.82, 2.24) is 0 Å². The van der Waals surface area contributed by atoms with Gasteiger partial charge in [0.15, 0.2) is 6.10 Å². The molecule has 0 aromatic carbocycles. The highest BCUT2D eigenvalue weighted by atomic mass is 16.7. The third-order valence-corrected chi connectivity index (χ3v) is 21.9. The van der Waals surface area contributed by atoms with Crippen molar-refractivity contribution in [3.8, 4) is 0 Å². The maximum Gasteiger partial charge on any atom is 0.361 e. The highest BCUT2D eigenvalue weighted by Crippen LogP contribution is 2.22. The molecule has 620 valence electrons. The average Bonchev–Trinajstić information content (AvgIpc) is 1.97. The third-order valence-electron chi connectivity index (χ3n) is 21.9. The topological polar surface area (TPSA) is 108 Å². The molecule has 0 heterocycles. The summed E-state index contributed by atoms with van der Waals surface area (Å²) in [5.74, 6) is -1.96. The van der Waals surface area contributed by atoms with Gasteiger partial charge in [0.05, 0.1) is 34.4 Å². The first-order valence-corrected chi connectivity index (χ1v) is 47.2. The molecule has 0 aliphatic carbocycles. The Bertz CT molecular complexity index is 1820. The van der Waals surface area contributed by atoms with Crippen molar-refractivity contribution in [3.63, 3.8) is 0 Å². The molecule has 0 rings (SSSR count). The largest absolute Gasteiger partial charge is 0.477 e. The van der Waals surface area contributed by atoms with E-state index in [0.29, 0.717) is 17.4 Å². The summed E-state index contributed by atoms with van der Waals surface area (Å²) in [6.07, 6.45) is 112. The van der Waals surface area contributed by atoms with Crippen molar-refractivity contribution in [2.75, 3.05) is 47.5 Å². The van der Waals surface area contributed by atoms with Crippen LogP contribution in [0.4, 0.5) is 0 Å². The van der Waals surface area contributed by atoms with Gasteiger partial charge in [-0.25, -0.2) is 4.79 Å². The molecule has 9 heteroatoms. The first-order chi connectivity index (χ1) is 51.6. The van der Waals surface area contributed by atoms with Crippen LogP contribution in [0.15, 0.2) is 36.5 Å². The van der Waals surface area contributed by atoms with E-state index in [9.17, 15) is 19.5 Å². The summed E-state index contributed by atoms with van der Waals surface area (Å²) in [6, 6.07) is 0. The molecule has 0 bridgehead atoms. The van der Waals surface area contributed by atoms with Gasteiger partial charge in [0.2, 0.25) is 0 Å². The van der Waals surface area contributed by atoms with Gasteiger partial charge in [-0.1, -0.05) is 474 Å². The first kappa shape index (κ1) is 103. The van der Waals surface area contributed by atoms with E-state index in [-0.39, 0.29) is 38.2 Å². The number of unbranched alkanes of at least 4 members (excludes halogenated alkanes) is 69. The lowest BCUT2D eigenvalue weighted by Crippen LogP contribution is -2.40. The zero-order chi connectivity index (χ0) is 76.0. The molecule has 2 atom stereocenters. The number of carbonyl (C=O) groups is 3. The summed E-state index contributed by atoms with van der Waals surface area (Å²) in [6.45, 7) is 4.96. The van der Waals surface area contributed by atoms with Crippen LogP contribution < -0.4 is 0 Å². The molecule has 9 nitrogen and oxygen atoms in total. The first-order valence-electron chi connectivity index (χ1n) is 47.2. The SMILES string of the molecule is CCCCCCC/C=C\C/C=C\C/C=C\CCCCCCCCCCCCCCCCCCCCCCCCCCC(=O)OC(COC(=O)CCCCCCCCCCCCCCCCCCCCCCCCCCCCCCCCCCCCCCCCCCC)COC(OCC[N+](C)(C)C)C(=O)O. The zero-order valence-electron chi connectivity index (χ0n) is 71.4. The molecule has 2 unspecified atom stereocenters. The number of rotatable bonds is 90. The van der Waals surface area contributed by atoms with E-state index in [2.05, 4.69) is 50.3 Å². The minimum absolute atomic E-state index is 0.174. The van der Waals surface area contributed by atoms with E-state index in [1.165, 1.54) is 424 Å². The zero-order valence-corrected chi connectivity index (χ0v) is 71.4. The van der Waals surface area contributed by atoms with Crippen molar-refractivity contribution >= 4 is 17.9 Å². The van der Waals surface area contributed by atoms with Crippen LogP contribution in [0, 0.1) is 0 Å². The molecule has 0 aromatic rings. The van der Waals surface area contributed by atoms with E-state index < -0.39 is 18.4 Å². The second kappa shape index (κ2) is 87.1. The van der Waals surface area contributed by atoms with Crippen LogP contribution >= 0.6 is 0 Å². The Hall–Kier alpha value is -2.49. The fourth-order valence-electron chi connectivity index (χ4n) is 14.7. The molecular formula is C96H184NO8+. The van der Waals surface area contributed by atoms with E-state index in [4.69, 9.17) is 18.9 Å². The lowest BCUT2D eigenvalue weighted by Gasteiger charge is -2.25. The number of aliphatic carboxylic acids is 1. The smallest absolute Gasteiger partial charge is 0.361 e. The van der Waals surface area contributed by atoms with Crippen molar-refractivity contribution in [3.05, 3.63) is 36.5 Å². The Labute approximate surface area is 655 Å². The third kappa shape index (κ3) is 88.6. The van der Waals surface area contributed by atoms with Crippen molar-refractivity contribution in [2.24, 2.45) is 0 Å². The predicted molar refractivity (Wildman–Crippen MR) is 457 cm³/mol. The second-order valence-electron chi connectivity index (χ2n) is 33.7.